The molecule has 0 aromatic heterocycles. The van der Waals surface area contributed by atoms with Crippen LogP contribution < -0.4 is 10.1 Å². The molecule has 0 fully saturated rings. The molecule has 0 spiro atoms. The Labute approximate surface area is 111 Å². The zero-order valence-electron chi connectivity index (χ0n) is 11.8. The molecule has 18 heavy (non-hydrogen) atoms. The van der Waals surface area contributed by atoms with Gasteiger partial charge in [-0.1, -0.05) is 45.4 Å². The van der Waals surface area contributed by atoms with Crippen molar-refractivity contribution in [3.63, 3.8) is 0 Å². The minimum absolute atomic E-state index is 0.437. The van der Waals surface area contributed by atoms with Gasteiger partial charge in [-0.2, -0.15) is 0 Å². The lowest BCUT2D eigenvalue weighted by molar-refractivity contribution is 0.178. The standard InChI is InChI=1S/C16H25NO/c1-4-8-13(5-2)17-16-12(3)11-18-15-10-7-6-9-14(15)16/h6-7,9-10,12-13,16-17H,4-5,8,11H2,1-3H3. The molecule has 0 saturated carbocycles. The second kappa shape index (κ2) is 6.24. The Bertz CT molecular complexity index is 377. The topological polar surface area (TPSA) is 21.3 Å². The summed E-state index contributed by atoms with van der Waals surface area (Å²) >= 11 is 0. The van der Waals surface area contributed by atoms with Gasteiger partial charge in [0.25, 0.3) is 0 Å². The molecule has 0 radical (unpaired) electrons. The molecule has 3 unspecified atom stereocenters. The molecule has 1 aliphatic heterocycles. The molecule has 1 aliphatic rings. The van der Waals surface area contributed by atoms with E-state index in [1.54, 1.807) is 0 Å². The van der Waals surface area contributed by atoms with Crippen molar-refractivity contribution in [3.8, 4) is 5.75 Å². The van der Waals surface area contributed by atoms with E-state index < -0.39 is 0 Å². The summed E-state index contributed by atoms with van der Waals surface area (Å²) in [5.41, 5.74) is 1.32. The van der Waals surface area contributed by atoms with Crippen LogP contribution in [-0.4, -0.2) is 12.6 Å². The molecule has 1 heterocycles. The Balaban J connectivity index is 2.15. The second-order valence-corrected chi connectivity index (χ2v) is 5.36. The summed E-state index contributed by atoms with van der Waals surface area (Å²) in [5, 5.41) is 3.83. The molecule has 0 bridgehead atoms. The SMILES string of the molecule is CCCC(CC)NC1c2ccccc2OCC1C. The van der Waals surface area contributed by atoms with Crippen molar-refractivity contribution in [2.24, 2.45) is 5.92 Å². The van der Waals surface area contributed by atoms with Gasteiger partial charge in [0, 0.05) is 23.6 Å². The first-order valence-electron chi connectivity index (χ1n) is 7.24. The largest absolute Gasteiger partial charge is 0.493 e. The van der Waals surface area contributed by atoms with E-state index in [2.05, 4.69) is 50.4 Å². The highest BCUT2D eigenvalue weighted by Crippen LogP contribution is 2.35. The average molecular weight is 247 g/mol. The maximum Gasteiger partial charge on any atom is 0.124 e. The lowest BCUT2D eigenvalue weighted by Crippen LogP contribution is -2.39. The fourth-order valence-corrected chi connectivity index (χ4v) is 2.75. The lowest BCUT2D eigenvalue weighted by atomic mass is 9.90. The van der Waals surface area contributed by atoms with Crippen LogP contribution in [0.5, 0.6) is 5.75 Å². The molecule has 1 N–H and O–H groups in total. The van der Waals surface area contributed by atoms with E-state index in [9.17, 15) is 0 Å². The van der Waals surface area contributed by atoms with E-state index in [0.29, 0.717) is 18.0 Å². The van der Waals surface area contributed by atoms with Crippen LogP contribution in [-0.2, 0) is 0 Å². The number of hydrogen-bond acceptors (Lipinski definition) is 2. The smallest absolute Gasteiger partial charge is 0.124 e. The second-order valence-electron chi connectivity index (χ2n) is 5.36. The van der Waals surface area contributed by atoms with Crippen LogP contribution in [0.25, 0.3) is 0 Å². The summed E-state index contributed by atoms with van der Waals surface area (Å²) in [5.74, 6) is 1.59. The molecular formula is C16H25NO. The summed E-state index contributed by atoms with van der Waals surface area (Å²) in [7, 11) is 0. The number of ether oxygens (including phenoxy) is 1. The Morgan fingerprint density at radius 3 is 2.83 bits per heavy atom. The summed E-state index contributed by atoms with van der Waals surface area (Å²) in [6.45, 7) is 7.61. The van der Waals surface area contributed by atoms with Gasteiger partial charge in [-0.05, 0) is 18.9 Å². The van der Waals surface area contributed by atoms with Gasteiger partial charge in [-0.15, -0.1) is 0 Å². The molecule has 0 saturated heterocycles. The number of hydrogen-bond donors (Lipinski definition) is 1. The maximum absolute atomic E-state index is 5.80. The van der Waals surface area contributed by atoms with Gasteiger partial charge in [0.2, 0.25) is 0 Å². The van der Waals surface area contributed by atoms with Gasteiger partial charge in [0.05, 0.1) is 6.61 Å². The van der Waals surface area contributed by atoms with Crippen LogP contribution >= 0.6 is 0 Å². The molecule has 2 rings (SSSR count). The van der Waals surface area contributed by atoms with Gasteiger partial charge in [-0.3, -0.25) is 0 Å². The monoisotopic (exact) mass is 247 g/mol. The molecule has 1 aromatic carbocycles. The van der Waals surface area contributed by atoms with Crippen molar-refractivity contribution in [1.29, 1.82) is 0 Å². The normalized spacial score (nSPS) is 24.2. The molecule has 2 nitrogen and oxygen atoms in total. The number of rotatable bonds is 5. The van der Waals surface area contributed by atoms with E-state index in [-0.39, 0.29) is 0 Å². The van der Waals surface area contributed by atoms with Crippen molar-refractivity contribution in [1.82, 2.24) is 5.32 Å². The highest BCUT2D eigenvalue weighted by atomic mass is 16.5. The Kier molecular flexibility index (Phi) is 4.65. The fraction of sp³-hybridized carbons (Fsp3) is 0.625. The van der Waals surface area contributed by atoms with E-state index in [1.807, 2.05) is 0 Å². The van der Waals surface area contributed by atoms with Crippen molar-refractivity contribution in [3.05, 3.63) is 29.8 Å². The minimum Gasteiger partial charge on any atom is -0.493 e. The third-order valence-electron chi connectivity index (χ3n) is 3.87. The Hall–Kier alpha value is -1.02. The van der Waals surface area contributed by atoms with E-state index >= 15 is 0 Å². The molecule has 0 aliphatic carbocycles. The predicted molar refractivity (Wildman–Crippen MR) is 76.0 cm³/mol. The van der Waals surface area contributed by atoms with Crippen LogP contribution in [0.4, 0.5) is 0 Å². The first-order chi connectivity index (χ1) is 8.76. The van der Waals surface area contributed by atoms with Gasteiger partial charge in [0.1, 0.15) is 5.75 Å². The molecular weight excluding hydrogens is 222 g/mol. The van der Waals surface area contributed by atoms with Crippen molar-refractivity contribution < 1.29 is 4.74 Å². The summed E-state index contributed by atoms with van der Waals surface area (Å²) < 4.78 is 5.80. The third kappa shape index (κ3) is 2.86. The van der Waals surface area contributed by atoms with Crippen molar-refractivity contribution >= 4 is 0 Å². The third-order valence-corrected chi connectivity index (χ3v) is 3.87. The zero-order chi connectivity index (χ0) is 13.0. The minimum atomic E-state index is 0.437. The van der Waals surface area contributed by atoms with E-state index in [0.717, 1.165) is 12.4 Å². The summed E-state index contributed by atoms with van der Waals surface area (Å²) in [6.07, 6.45) is 3.69. The van der Waals surface area contributed by atoms with E-state index in [1.165, 1.54) is 24.8 Å². The first kappa shape index (κ1) is 13.4. The number of benzene rings is 1. The van der Waals surface area contributed by atoms with Crippen molar-refractivity contribution in [2.75, 3.05) is 6.61 Å². The van der Waals surface area contributed by atoms with Crippen LogP contribution in [0.3, 0.4) is 0 Å². The Morgan fingerprint density at radius 1 is 1.33 bits per heavy atom. The van der Waals surface area contributed by atoms with Gasteiger partial charge in [0.15, 0.2) is 0 Å². The molecule has 0 amide bonds. The quantitative estimate of drug-likeness (QED) is 0.851. The molecule has 100 valence electrons. The van der Waals surface area contributed by atoms with Crippen molar-refractivity contribution in [2.45, 2.75) is 52.1 Å². The van der Waals surface area contributed by atoms with Crippen LogP contribution in [0.15, 0.2) is 24.3 Å². The number of para-hydroxylation sites is 1. The predicted octanol–water partition coefficient (Wildman–Crippen LogP) is 3.92. The van der Waals surface area contributed by atoms with Gasteiger partial charge >= 0.3 is 0 Å². The molecule has 3 atom stereocenters. The maximum atomic E-state index is 5.80. The molecule has 1 aromatic rings. The highest BCUT2D eigenvalue weighted by molar-refractivity contribution is 5.38. The van der Waals surface area contributed by atoms with E-state index in [4.69, 9.17) is 4.74 Å². The summed E-state index contributed by atoms with van der Waals surface area (Å²) in [6, 6.07) is 9.49. The molecule has 2 heteroatoms. The van der Waals surface area contributed by atoms with Crippen LogP contribution in [0.1, 0.15) is 51.6 Å². The van der Waals surface area contributed by atoms with Crippen LogP contribution in [0.2, 0.25) is 0 Å². The summed E-state index contributed by atoms with van der Waals surface area (Å²) in [4.78, 5) is 0. The lowest BCUT2D eigenvalue weighted by Gasteiger charge is -2.35. The fourth-order valence-electron chi connectivity index (χ4n) is 2.75. The van der Waals surface area contributed by atoms with Gasteiger partial charge in [-0.25, -0.2) is 0 Å². The average Bonchev–Trinajstić information content (AvgIpc) is 2.41. The zero-order valence-corrected chi connectivity index (χ0v) is 11.8. The van der Waals surface area contributed by atoms with Gasteiger partial charge < -0.3 is 10.1 Å². The highest BCUT2D eigenvalue weighted by Gasteiger charge is 2.28. The number of nitrogens with one attached hydrogen (secondary N) is 1. The number of fused-ring (bicyclic) bond motifs is 1. The Morgan fingerprint density at radius 2 is 2.11 bits per heavy atom. The first-order valence-corrected chi connectivity index (χ1v) is 7.24. The van der Waals surface area contributed by atoms with Crippen LogP contribution in [0, 0.1) is 5.92 Å².